The van der Waals surface area contributed by atoms with Crippen LogP contribution in [0, 0.1) is 10.8 Å². The van der Waals surface area contributed by atoms with Gasteiger partial charge >= 0.3 is 16.5 Å². The fourth-order valence-corrected chi connectivity index (χ4v) is 5.41. The van der Waals surface area contributed by atoms with Gasteiger partial charge in [-0.1, -0.05) is 39.5 Å². The van der Waals surface area contributed by atoms with Crippen LogP contribution in [-0.2, 0) is 27.2 Å². The summed E-state index contributed by atoms with van der Waals surface area (Å²) in [5.74, 6) is 0. The molecule has 2 heterocycles. The van der Waals surface area contributed by atoms with Crippen LogP contribution in [0.25, 0.3) is 0 Å². The van der Waals surface area contributed by atoms with Gasteiger partial charge in [0.25, 0.3) is 0 Å². The van der Waals surface area contributed by atoms with Gasteiger partial charge in [-0.3, -0.25) is 0 Å². The molecule has 4 unspecified atom stereocenters. The van der Waals surface area contributed by atoms with Crippen molar-refractivity contribution in [2.24, 2.45) is 10.8 Å². The average molecular weight is 328 g/mol. The van der Waals surface area contributed by atoms with Crippen molar-refractivity contribution in [1.29, 1.82) is 0 Å². The molecule has 0 saturated carbocycles. The highest BCUT2D eigenvalue weighted by atomic mass is 32.2. The summed E-state index contributed by atoms with van der Waals surface area (Å²) in [7, 11) is -4.18. The SMILES string of the molecule is CC1(C)CO[P+](=O)OC1SC1O[P+](=O)OCC1(C)C. The van der Waals surface area contributed by atoms with E-state index < -0.39 is 16.5 Å². The van der Waals surface area contributed by atoms with Gasteiger partial charge in [0, 0.05) is 20.0 Å². The topological polar surface area (TPSA) is 71.1 Å². The molecule has 0 aromatic heterocycles. The second-order valence-electron chi connectivity index (χ2n) is 5.98. The summed E-state index contributed by atoms with van der Waals surface area (Å²) in [6.07, 6.45) is 0. The van der Waals surface area contributed by atoms with Crippen molar-refractivity contribution in [2.45, 2.75) is 38.6 Å². The van der Waals surface area contributed by atoms with E-state index in [1.54, 1.807) is 0 Å². The van der Waals surface area contributed by atoms with Crippen LogP contribution in [0.4, 0.5) is 0 Å². The predicted octanol–water partition coefficient (Wildman–Crippen LogP) is 3.83. The second kappa shape index (κ2) is 5.64. The summed E-state index contributed by atoms with van der Waals surface area (Å²) in [6.45, 7) is 8.60. The maximum atomic E-state index is 11.4. The molecule has 19 heavy (non-hydrogen) atoms. The van der Waals surface area contributed by atoms with Crippen molar-refractivity contribution in [2.75, 3.05) is 13.2 Å². The summed E-state index contributed by atoms with van der Waals surface area (Å²) in [6, 6.07) is 0. The molecule has 9 heteroatoms. The molecule has 2 saturated heterocycles. The van der Waals surface area contributed by atoms with Gasteiger partial charge in [0.2, 0.25) is 0 Å². The maximum Gasteiger partial charge on any atom is 0.698 e. The standard InChI is InChI=1S/C10H18O6P2S/c1-9(2)5-13-17(11)15-7(9)19-8-10(3,4)6-14-18(12)16-8/h7-8H,5-6H2,1-4H3/q+2. The molecule has 2 aliphatic heterocycles. The largest absolute Gasteiger partial charge is 0.698 e. The Balaban J connectivity index is 2.09. The summed E-state index contributed by atoms with van der Waals surface area (Å²) in [5, 5.41) is 0. The van der Waals surface area contributed by atoms with Crippen LogP contribution >= 0.6 is 28.3 Å². The first-order valence-electron chi connectivity index (χ1n) is 5.90. The van der Waals surface area contributed by atoms with E-state index in [2.05, 4.69) is 0 Å². The Hall–Kier alpha value is 0.390. The molecule has 2 fully saturated rings. The molecule has 108 valence electrons. The van der Waals surface area contributed by atoms with Crippen LogP contribution in [-0.4, -0.2) is 24.1 Å². The molecule has 0 aromatic carbocycles. The van der Waals surface area contributed by atoms with Gasteiger partial charge in [-0.2, -0.15) is 0 Å². The molecule has 6 nitrogen and oxygen atoms in total. The lowest BCUT2D eigenvalue weighted by Crippen LogP contribution is -2.42. The van der Waals surface area contributed by atoms with Crippen LogP contribution in [0.5, 0.6) is 0 Å². The van der Waals surface area contributed by atoms with Crippen LogP contribution in [0.15, 0.2) is 0 Å². The zero-order valence-electron chi connectivity index (χ0n) is 11.3. The summed E-state index contributed by atoms with van der Waals surface area (Å²) in [4.78, 5) is 0. The van der Waals surface area contributed by atoms with Crippen molar-refractivity contribution in [3.63, 3.8) is 0 Å². The molecule has 0 spiro atoms. The molecule has 0 bridgehead atoms. The number of thioether (sulfide) groups is 1. The van der Waals surface area contributed by atoms with Crippen LogP contribution in [0.3, 0.4) is 0 Å². The maximum absolute atomic E-state index is 11.4. The highest BCUT2D eigenvalue weighted by Gasteiger charge is 2.53. The van der Waals surface area contributed by atoms with E-state index >= 15 is 0 Å². The van der Waals surface area contributed by atoms with Gasteiger partial charge in [0.15, 0.2) is 10.9 Å². The normalized spacial score (nSPS) is 38.1. The van der Waals surface area contributed by atoms with E-state index in [0.29, 0.717) is 13.2 Å². The van der Waals surface area contributed by atoms with Crippen molar-refractivity contribution >= 4 is 28.3 Å². The van der Waals surface area contributed by atoms with Gasteiger partial charge in [-0.25, -0.2) is 0 Å². The Kier molecular flexibility index (Phi) is 4.69. The van der Waals surface area contributed by atoms with E-state index in [0.717, 1.165) is 0 Å². The molecule has 0 radical (unpaired) electrons. The second-order valence-corrected chi connectivity index (χ2v) is 8.94. The van der Waals surface area contributed by atoms with Gasteiger partial charge in [0.1, 0.15) is 13.2 Å². The highest BCUT2D eigenvalue weighted by molar-refractivity contribution is 8.00. The van der Waals surface area contributed by atoms with Gasteiger partial charge in [-0.05, 0) is 0 Å². The van der Waals surface area contributed by atoms with E-state index in [9.17, 15) is 9.13 Å². The lowest BCUT2D eigenvalue weighted by molar-refractivity contribution is 0.0168. The molecule has 0 aromatic rings. The zero-order chi connectivity index (χ0) is 14.3. The first kappa shape index (κ1) is 15.8. The monoisotopic (exact) mass is 328 g/mol. The van der Waals surface area contributed by atoms with Crippen molar-refractivity contribution in [3.05, 3.63) is 0 Å². The van der Waals surface area contributed by atoms with E-state index in [1.807, 2.05) is 27.7 Å². The minimum atomic E-state index is -2.09. The lowest BCUT2D eigenvalue weighted by Gasteiger charge is -2.36. The third-order valence-electron chi connectivity index (χ3n) is 2.97. The lowest BCUT2D eigenvalue weighted by atomic mass is 9.96. The van der Waals surface area contributed by atoms with Crippen molar-refractivity contribution in [1.82, 2.24) is 0 Å². The first-order chi connectivity index (χ1) is 8.71. The fourth-order valence-electron chi connectivity index (χ4n) is 1.61. The molecule has 0 N–H and O–H groups in total. The molecule has 2 aliphatic rings. The smallest absolute Gasteiger partial charge is 0.118 e. The Morgan fingerprint density at radius 3 is 1.63 bits per heavy atom. The molecular weight excluding hydrogens is 310 g/mol. The summed E-state index contributed by atoms with van der Waals surface area (Å²) in [5.41, 5.74) is -1.26. The van der Waals surface area contributed by atoms with Crippen LogP contribution in [0.1, 0.15) is 27.7 Å². The molecule has 4 atom stereocenters. The third-order valence-corrected chi connectivity index (χ3v) is 6.66. The predicted molar refractivity (Wildman–Crippen MR) is 72.0 cm³/mol. The van der Waals surface area contributed by atoms with Gasteiger partial charge < -0.3 is 0 Å². The van der Waals surface area contributed by atoms with Crippen molar-refractivity contribution in [3.8, 4) is 0 Å². The van der Waals surface area contributed by atoms with Gasteiger partial charge in [0.05, 0.1) is 0 Å². The minimum absolute atomic E-state index is 0.294. The van der Waals surface area contributed by atoms with Gasteiger partial charge in [-0.15, -0.1) is 18.1 Å². The Labute approximate surface area is 118 Å². The Morgan fingerprint density at radius 1 is 0.895 bits per heavy atom. The quantitative estimate of drug-likeness (QED) is 0.713. The number of rotatable bonds is 2. The molecular formula is C10H18O6P2S+2. The average Bonchev–Trinajstić information content (AvgIpc) is 2.29. The van der Waals surface area contributed by atoms with E-state index in [1.165, 1.54) is 11.8 Å². The summed E-state index contributed by atoms with van der Waals surface area (Å²) < 4.78 is 43.6. The Bertz CT molecular complexity index is 363. The molecule has 0 amide bonds. The highest BCUT2D eigenvalue weighted by Crippen LogP contribution is 2.53. The van der Waals surface area contributed by atoms with E-state index in [-0.39, 0.29) is 21.7 Å². The Morgan fingerprint density at radius 2 is 1.26 bits per heavy atom. The molecule has 2 rings (SSSR count). The number of hydrogen-bond donors (Lipinski definition) is 0. The number of hydrogen-bond acceptors (Lipinski definition) is 7. The summed E-state index contributed by atoms with van der Waals surface area (Å²) >= 11 is 1.39. The zero-order valence-corrected chi connectivity index (χ0v) is 13.9. The van der Waals surface area contributed by atoms with E-state index in [4.69, 9.17) is 18.1 Å². The molecule has 0 aliphatic carbocycles. The van der Waals surface area contributed by atoms with Crippen LogP contribution < -0.4 is 0 Å². The third kappa shape index (κ3) is 3.73. The fraction of sp³-hybridized carbons (Fsp3) is 1.00. The minimum Gasteiger partial charge on any atom is -0.118 e. The van der Waals surface area contributed by atoms with Crippen LogP contribution in [0.2, 0.25) is 0 Å². The van der Waals surface area contributed by atoms with Crippen molar-refractivity contribution < 1.29 is 27.2 Å². The first-order valence-corrected chi connectivity index (χ1v) is 9.03.